The molecule has 6 N–H and O–H groups in total. The van der Waals surface area contributed by atoms with Gasteiger partial charge >= 0.3 is 5.97 Å². The summed E-state index contributed by atoms with van der Waals surface area (Å²) in [7, 11) is 9.00. The third-order valence-corrected chi connectivity index (χ3v) is 12.7. The number of hydrogen-bond donors (Lipinski definition) is 6. The quantitative estimate of drug-likeness (QED) is 0.153. The second-order valence-electron chi connectivity index (χ2n) is 18.4. The molecule has 15 heteroatoms. The SMILES string of the molecule is CC[C@H]1OC(=O)[C@H](C)[C@@H](O[C@H]2C[C@@](C)(OC)[C@@](O)(C#CCN(C)C)[C@H](C)O2)[C@H](C)[C@@H](O[C@@H]2O[C@H](C)C[C@H](N(C)C)[C@H]2O)[C@](C)(O)C[C@@H](C)CN[C@H](C)[C@@H](O)[C@]1(C)O. The molecule has 0 radical (unpaired) electrons. The van der Waals surface area contributed by atoms with Gasteiger partial charge in [-0.3, -0.25) is 9.69 Å². The van der Waals surface area contributed by atoms with Crippen LogP contribution < -0.4 is 5.32 Å². The molecule has 15 nitrogen and oxygen atoms in total. The lowest BCUT2D eigenvalue weighted by molar-refractivity contribution is -0.327. The summed E-state index contributed by atoms with van der Waals surface area (Å²) in [4.78, 5) is 18.1. The van der Waals surface area contributed by atoms with Gasteiger partial charge < -0.3 is 64.2 Å². The third kappa shape index (κ3) is 11.5. The summed E-state index contributed by atoms with van der Waals surface area (Å²) in [6.45, 7) is 18.1. The molecule has 0 aromatic heterocycles. The maximum atomic E-state index is 14.3. The predicted molar refractivity (Wildman–Crippen MR) is 215 cm³/mol. The minimum atomic E-state index is -1.83. The van der Waals surface area contributed by atoms with Crippen LogP contribution in [0.1, 0.15) is 94.9 Å². The van der Waals surface area contributed by atoms with Gasteiger partial charge in [0.1, 0.15) is 35.6 Å². The van der Waals surface area contributed by atoms with Gasteiger partial charge in [0.05, 0.1) is 36.4 Å². The lowest BCUT2D eigenvalue weighted by Gasteiger charge is -2.51. The van der Waals surface area contributed by atoms with E-state index in [0.717, 1.165) is 0 Å². The first-order valence-electron chi connectivity index (χ1n) is 20.7. The van der Waals surface area contributed by atoms with Crippen molar-refractivity contribution in [3.05, 3.63) is 0 Å². The van der Waals surface area contributed by atoms with Crippen LogP contribution in [0.2, 0.25) is 0 Å². The Morgan fingerprint density at radius 3 is 2.14 bits per heavy atom. The van der Waals surface area contributed by atoms with E-state index in [9.17, 15) is 30.3 Å². The molecular formula is C42H77N3O12. The van der Waals surface area contributed by atoms with E-state index in [2.05, 4.69) is 17.2 Å². The minimum absolute atomic E-state index is 0.0133. The largest absolute Gasteiger partial charge is 0.459 e. The number of hydrogen-bond acceptors (Lipinski definition) is 15. The summed E-state index contributed by atoms with van der Waals surface area (Å²) in [6.07, 6.45) is -8.00. The number of cyclic esters (lactones) is 1. The second kappa shape index (κ2) is 19.9. The molecule has 18 atom stereocenters. The Kier molecular flexibility index (Phi) is 17.4. The maximum absolute atomic E-state index is 14.3. The van der Waals surface area contributed by atoms with Crippen LogP contribution in [0.4, 0.5) is 0 Å². The zero-order chi connectivity index (χ0) is 43.4. The van der Waals surface area contributed by atoms with Crippen molar-refractivity contribution in [1.29, 1.82) is 0 Å². The van der Waals surface area contributed by atoms with Crippen LogP contribution in [0.25, 0.3) is 0 Å². The van der Waals surface area contributed by atoms with Crippen LogP contribution in [0, 0.1) is 29.6 Å². The fraction of sp³-hybridized carbons (Fsp3) is 0.929. The molecule has 0 aromatic carbocycles. The Bertz CT molecular complexity index is 1360. The summed E-state index contributed by atoms with van der Waals surface area (Å²) in [6, 6.07) is -0.896. The van der Waals surface area contributed by atoms with Crippen molar-refractivity contribution in [2.75, 3.05) is 48.4 Å². The Labute approximate surface area is 342 Å². The number of aliphatic hydroxyl groups excluding tert-OH is 2. The standard InChI is InChI=1S/C42H77N3O12/c1-16-31-41(10,50)35(47)28(6)43-23-24(2)21-39(8,49)36(57-38-33(46)30(45(13)14)20-25(3)53-38)26(4)34(27(5)37(48)55-31)56-32-22-40(9,52-15)42(51,29(7)54-32)18-17-19-44(11)12/h24-36,38,43,46-47,49-51H,16,19-23H2,1-15H3/t24-,25-,26+,27-,28-,29+,30+,31-,32+,33-,34+,35-,36-,38+,39-,40-,41-,42-/m1/s1. The topological polar surface area (TPSA) is 192 Å². The molecule has 3 aliphatic heterocycles. The average Bonchev–Trinajstić information content (AvgIpc) is 3.12. The van der Waals surface area contributed by atoms with Gasteiger partial charge in [-0.25, -0.2) is 0 Å². The molecule has 3 fully saturated rings. The molecule has 0 aromatic rings. The fourth-order valence-electron chi connectivity index (χ4n) is 8.93. The van der Waals surface area contributed by atoms with Gasteiger partial charge in [0, 0.05) is 31.5 Å². The first-order chi connectivity index (χ1) is 26.3. The Morgan fingerprint density at radius 1 is 0.947 bits per heavy atom. The Hall–Kier alpha value is -1.49. The number of nitrogens with zero attached hydrogens (tertiary/aromatic N) is 2. The van der Waals surface area contributed by atoms with E-state index < -0.39 is 95.5 Å². The van der Waals surface area contributed by atoms with E-state index in [4.69, 9.17) is 28.4 Å². The number of rotatable bonds is 8. The molecule has 0 saturated carbocycles. The van der Waals surface area contributed by atoms with Crippen molar-refractivity contribution in [3.63, 3.8) is 0 Å². The molecule has 3 heterocycles. The molecule has 3 aliphatic rings. The number of methoxy groups -OCH3 is 1. The summed E-state index contributed by atoms with van der Waals surface area (Å²) >= 11 is 0. The highest BCUT2D eigenvalue weighted by molar-refractivity contribution is 5.73. The number of nitrogens with one attached hydrogen (secondary N) is 1. The van der Waals surface area contributed by atoms with E-state index >= 15 is 0 Å². The number of ether oxygens (including phenoxy) is 6. The molecule has 332 valence electrons. The molecule has 0 bridgehead atoms. The van der Waals surface area contributed by atoms with Crippen LogP contribution in [0.5, 0.6) is 0 Å². The number of carbonyl (C=O) groups is 1. The lowest BCUT2D eigenvalue weighted by Crippen LogP contribution is -2.66. The minimum Gasteiger partial charge on any atom is -0.459 e. The van der Waals surface area contributed by atoms with Crippen LogP contribution >= 0.6 is 0 Å². The molecular weight excluding hydrogens is 738 g/mol. The van der Waals surface area contributed by atoms with Gasteiger partial charge in [-0.2, -0.15) is 0 Å². The monoisotopic (exact) mass is 816 g/mol. The molecule has 0 spiro atoms. The number of esters is 1. The van der Waals surface area contributed by atoms with Gasteiger partial charge in [-0.1, -0.05) is 32.6 Å². The van der Waals surface area contributed by atoms with Crippen LogP contribution in [0.3, 0.4) is 0 Å². The van der Waals surface area contributed by atoms with E-state index in [0.29, 0.717) is 19.5 Å². The number of likely N-dealkylation sites (N-methyl/N-ethyl adjacent to an activating group) is 1. The van der Waals surface area contributed by atoms with E-state index in [1.165, 1.54) is 14.0 Å². The maximum Gasteiger partial charge on any atom is 0.311 e. The number of carbonyl (C=O) groups excluding carboxylic acids is 1. The van der Waals surface area contributed by atoms with E-state index in [-0.39, 0.29) is 37.3 Å². The van der Waals surface area contributed by atoms with Crippen molar-refractivity contribution in [3.8, 4) is 11.8 Å². The first-order valence-corrected chi connectivity index (χ1v) is 20.7. The number of aliphatic hydroxyl groups is 5. The molecule has 57 heavy (non-hydrogen) atoms. The highest BCUT2D eigenvalue weighted by Crippen LogP contribution is 2.43. The zero-order valence-corrected chi connectivity index (χ0v) is 37.3. The van der Waals surface area contributed by atoms with Gasteiger partial charge in [-0.15, -0.1) is 0 Å². The molecule has 3 rings (SSSR count). The predicted octanol–water partition coefficient (Wildman–Crippen LogP) is 1.49. The summed E-state index contributed by atoms with van der Waals surface area (Å²) in [5.41, 5.74) is -6.41. The van der Waals surface area contributed by atoms with Gasteiger partial charge in [-0.05, 0) is 108 Å². The van der Waals surface area contributed by atoms with Crippen molar-refractivity contribution >= 4 is 5.97 Å². The van der Waals surface area contributed by atoms with Crippen molar-refractivity contribution in [2.45, 2.75) is 185 Å². The van der Waals surface area contributed by atoms with Crippen LogP contribution in [-0.4, -0.2) is 179 Å². The Balaban J connectivity index is 2.18. The highest BCUT2D eigenvalue weighted by Gasteiger charge is 2.58. The summed E-state index contributed by atoms with van der Waals surface area (Å²) < 4.78 is 38.2. The third-order valence-electron chi connectivity index (χ3n) is 12.7. The smallest absolute Gasteiger partial charge is 0.311 e. The van der Waals surface area contributed by atoms with Gasteiger partial charge in [0.2, 0.25) is 0 Å². The van der Waals surface area contributed by atoms with E-state index in [1.807, 2.05) is 51.8 Å². The van der Waals surface area contributed by atoms with Gasteiger partial charge in [0.15, 0.2) is 18.2 Å². The normalized spacial score (nSPS) is 47.1. The average molecular weight is 816 g/mol. The summed E-state index contributed by atoms with van der Waals surface area (Å²) in [5, 5.41) is 62.5. The molecule has 3 saturated heterocycles. The second-order valence-corrected chi connectivity index (χ2v) is 18.4. The molecule has 0 unspecified atom stereocenters. The lowest BCUT2D eigenvalue weighted by atomic mass is 9.75. The molecule has 0 aliphatic carbocycles. The fourth-order valence-corrected chi connectivity index (χ4v) is 8.93. The van der Waals surface area contributed by atoms with E-state index in [1.54, 1.807) is 48.5 Å². The first kappa shape index (κ1) is 49.9. The van der Waals surface area contributed by atoms with Crippen molar-refractivity contribution in [1.82, 2.24) is 15.1 Å². The zero-order valence-electron chi connectivity index (χ0n) is 37.3. The molecule has 0 amide bonds. The van der Waals surface area contributed by atoms with Crippen LogP contribution in [-0.2, 0) is 33.2 Å². The van der Waals surface area contributed by atoms with Crippen LogP contribution in [0.15, 0.2) is 0 Å². The summed E-state index contributed by atoms with van der Waals surface area (Å²) in [5.74, 6) is 3.26. The Morgan fingerprint density at radius 2 is 1.58 bits per heavy atom. The highest BCUT2D eigenvalue weighted by atomic mass is 16.7. The van der Waals surface area contributed by atoms with Gasteiger partial charge in [0.25, 0.3) is 0 Å². The van der Waals surface area contributed by atoms with Crippen molar-refractivity contribution < 1.29 is 58.7 Å². The van der Waals surface area contributed by atoms with Crippen molar-refractivity contribution in [2.24, 2.45) is 17.8 Å².